The summed E-state index contributed by atoms with van der Waals surface area (Å²) < 4.78 is 28.3. The van der Waals surface area contributed by atoms with Crippen molar-refractivity contribution in [3.63, 3.8) is 0 Å². The third-order valence-corrected chi connectivity index (χ3v) is 13.3. The average Bonchev–Trinajstić information content (AvgIpc) is 3.39. The van der Waals surface area contributed by atoms with Crippen molar-refractivity contribution < 1.29 is 58.2 Å². The smallest absolute Gasteiger partial charge is 0.335 e. The molecule has 0 saturated carbocycles. The maximum atomic E-state index is 13.1. The van der Waals surface area contributed by atoms with Crippen molar-refractivity contribution in [1.82, 2.24) is 0 Å². The normalized spacial score (nSPS) is 18.7. The van der Waals surface area contributed by atoms with E-state index in [0.29, 0.717) is 25.7 Å². The van der Waals surface area contributed by atoms with Crippen molar-refractivity contribution >= 4 is 23.9 Å². The predicted octanol–water partition coefficient (Wildman–Crippen LogP) is 15.3. The number of aliphatic carboxylic acids is 1. The number of aliphatic hydroxyl groups is 2. The number of carboxylic acid groups (broad SMARTS) is 1. The van der Waals surface area contributed by atoms with Gasteiger partial charge in [-0.05, 0) is 77.0 Å². The Bertz CT molecular complexity index is 1580. The molecule has 12 heteroatoms. The monoisotopic (exact) mass is 1050 g/mol. The molecular weight excluding hydrogens is 949 g/mol. The SMILES string of the molecule is CC/C=C\C/C=C\C/C=C\C/C=C\CCC(=O)OC(COC(=O)CCCCCCCCC/C=C\C/C=C\CCCCC)COC1OC(C(=O)O)C(O)C(O)C1OC(=O)CCCCCCCCCCCCCCCCC. The Morgan fingerprint density at radius 2 is 0.867 bits per heavy atom. The van der Waals surface area contributed by atoms with Gasteiger partial charge in [-0.1, -0.05) is 229 Å². The number of allylic oxidation sites excluding steroid dienone is 12. The van der Waals surface area contributed by atoms with E-state index in [0.717, 1.165) is 83.5 Å². The maximum Gasteiger partial charge on any atom is 0.335 e. The quantitative estimate of drug-likeness (QED) is 0.0228. The number of rotatable bonds is 50. The molecular formula is C63H106O12. The van der Waals surface area contributed by atoms with Gasteiger partial charge in [0.2, 0.25) is 0 Å². The van der Waals surface area contributed by atoms with Crippen LogP contribution < -0.4 is 0 Å². The highest BCUT2D eigenvalue weighted by atomic mass is 16.7. The van der Waals surface area contributed by atoms with E-state index in [1.165, 1.54) is 103 Å². The van der Waals surface area contributed by atoms with Crippen molar-refractivity contribution in [1.29, 1.82) is 0 Å². The van der Waals surface area contributed by atoms with Crippen LogP contribution >= 0.6 is 0 Å². The Hall–Kier alpha value is -3.84. The highest BCUT2D eigenvalue weighted by Gasteiger charge is 2.50. The standard InChI is InChI=1S/C63H106O12/c1-4-7-10-13-16-19-22-25-27-28-30-32-34-37-40-43-46-49-55(64)71-52-54(73-56(65)50-47-44-41-38-35-31-24-21-18-15-12-9-6-3)53-72-63-61(59(68)58(67)60(75-63)62(69)70)74-57(66)51-48-45-42-39-36-33-29-26-23-20-17-14-11-8-5-2/h9,12,16,18-19,21,25,27,31,35,41,44,54,58-61,63,67-68H,4-8,10-11,13-15,17,20,22-24,26,28-30,32-34,36-40,42-43,45-53H2,1-3H3,(H,69,70)/b12-9-,19-16-,21-18-,27-25-,35-31-,44-41-. The first-order valence-corrected chi connectivity index (χ1v) is 29.9. The molecule has 0 radical (unpaired) electrons. The molecule has 0 bridgehead atoms. The van der Waals surface area contributed by atoms with Crippen molar-refractivity contribution in [3.8, 4) is 0 Å². The molecule has 1 fully saturated rings. The predicted molar refractivity (Wildman–Crippen MR) is 303 cm³/mol. The number of carbonyl (C=O) groups is 4. The molecule has 1 rings (SSSR count). The van der Waals surface area contributed by atoms with Crippen LogP contribution in [0.3, 0.4) is 0 Å². The largest absolute Gasteiger partial charge is 0.479 e. The zero-order valence-corrected chi connectivity index (χ0v) is 47.3. The lowest BCUT2D eigenvalue weighted by molar-refractivity contribution is -0.301. The average molecular weight is 1060 g/mol. The topological polar surface area (TPSA) is 175 Å². The number of carboxylic acids is 1. The lowest BCUT2D eigenvalue weighted by Gasteiger charge is -2.40. The number of esters is 3. The van der Waals surface area contributed by atoms with Crippen molar-refractivity contribution in [2.45, 2.75) is 289 Å². The number of unbranched alkanes of at least 4 members (excludes halogenated alkanes) is 24. The van der Waals surface area contributed by atoms with Crippen LogP contribution in [0.25, 0.3) is 0 Å². The van der Waals surface area contributed by atoms with Gasteiger partial charge in [0.1, 0.15) is 18.8 Å². The van der Waals surface area contributed by atoms with E-state index in [1.807, 2.05) is 12.2 Å². The second kappa shape index (κ2) is 50.9. The summed E-state index contributed by atoms with van der Waals surface area (Å²) in [6.45, 7) is 5.79. The molecule has 0 aromatic carbocycles. The van der Waals surface area contributed by atoms with Gasteiger partial charge in [-0.3, -0.25) is 14.4 Å². The summed E-state index contributed by atoms with van der Waals surface area (Å²) in [7, 11) is 0. The highest BCUT2D eigenvalue weighted by Crippen LogP contribution is 2.26. The molecule has 430 valence electrons. The number of ether oxygens (including phenoxy) is 5. The third kappa shape index (κ3) is 41.0. The fourth-order valence-electron chi connectivity index (χ4n) is 8.71. The summed E-state index contributed by atoms with van der Waals surface area (Å²) >= 11 is 0. The summed E-state index contributed by atoms with van der Waals surface area (Å²) in [4.78, 5) is 51.1. The molecule has 6 atom stereocenters. The van der Waals surface area contributed by atoms with Crippen LogP contribution in [0.1, 0.15) is 252 Å². The van der Waals surface area contributed by atoms with E-state index in [4.69, 9.17) is 23.7 Å². The number of hydrogen-bond acceptors (Lipinski definition) is 11. The van der Waals surface area contributed by atoms with Gasteiger partial charge in [0.15, 0.2) is 24.6 Å². The van der Waals surface area contributed by atoms with Gasteiger partial charge < -0.3 is 39.0 Å². The van der Waals surface area contributed by atoms with Gasteiger partial charge in [0.05, 0.1) is 6.61 Å². The Labute approximate surface area is 455 Å². The minimum atomic E-state index is -1.91. The molecule has 1 heterocycles. The van der Waals surface area contributed by atoms with E-state index in [-0.39, 0.29) is 25.9 Å². The fraction of sp³-hybridized carbons (Fsp3) is 0.746. The second-order valence-corrected chi connectivity index (χ2v) is 20.3. The molecule has 3 N–H and O–H groups in total. The summed E-state index contributed by atoms with van der Waals surface area (Å²) in [5.41, 5.74) is 0. The van der Waals surface area contributed by atoms with Crippen LogP contribution in [0, 0.1) is 0 Å². The Kier molecular flexibility index (Phi) is 47.0. The van der Waals surface area contributed by atoms with Crippen LogP contribution in [0.2, 0.25) is 0 Å². The molecule has 1 saturated heterocycles. The summed E-state index contributed by atoms with van der Waals surface area (Å²) in [6, 6.07) is 0. The van der Waals surface area contributed by atoms with Crippen LogP contribution in [0.4, 0.5) is 0 Å². The zero-order chi connectivity index (χ0) is 54.7. The minimum absolute atomic E-state index is 0.0394. The van der Waals surface area contributed by atoms with Crippen LogP contribution in [-0.2, 0) is 42.9 Å². The molecule has 0 aromatic rings. The molecule has 75 heavy (non-hydrogen) atoms. The van der Waals surface area contributed by atoms with Gasteiger partial charge in [0.25, 0.3) is 0 Å². The lowest BCUT2D eigenvalue weighted by Crippen LogP contribution is -2.61. The van der Waals surface area contributed by atoms with E-state index in [9.17, 15) is 34.5 Å². The Morgan fingerprint density at radius 1 is 0.453 bits per heavy atom. The molecule has 0 amide bonds. The minimum Gasteiger partial charge on any atom is -0.479 e. The van der Waals surface area contributed by atoms with Gasteiger partial charge in [-0.15, -0.1) is 0 Å². The molecule has 0 spiro atoms. The van der Waals surface area contributed by atoms with Gasteiger partial charge in [0, 0.05) is 19.3 Å². The molecule has 1 aliphatic rings. The van der Waals surface area contributed by atoms with Crippen molar-refractivity contribution in [2.24, 2.45) is 0 Å². The number of aliphatic hydroxyl groups excluding tert-OH is 2. The summed E-state index contributed by atoms with van der Waals surface area (Å²) in [5.74, 6) is -3.23. The van der Waals surface area contributed by atoms with E-state index >= 15 is 0 Å². The second-order valence-electron chi connectivity index (χ2n) is 20.3. The maximum absolute atomic E-state index is 13.1. The Morgan fingerprint density at radius 3 is 1.36 bits per heavy atom. The molecule has 6 unspecified atom stereocenters. The van der Waals surface area contributed by atoms with Crippen LogP contribution in [0.5, 0.6) is 0 Å². The van der Waals surface area contributed by atoms with Crippen molar-refractivity contribution in [2.75, 3.05) is 13.2 Å². The van der Waals surface area contributed by atoms with Gasteiger partial charge in [-0.2, -0.15) is 0 Å². The summed E-state index contributed by atoms with van der Waals surface area (Å²) in [6.07, 6.45) is 51.7. The van der Waals surface area contributed by atoms with E-state index < -0.39 is 67.3 Å². The lowest BCUT2D eigenvalue weighted by atomic mass is 9.98. The van der Waals surface area contributed by atoms with Gasteiger partial charge in [-0.25, -0.2) is 4.79 Å². The number of carbonyl (C=O) groups excluding carboxylic acids is 3. The molecule has 0 aromatic heterocycles. The van der Waals surface area contributed by atoms with Crippen molar-refractivity contribution in [3.05, 3.63) is 72.9 Å². The highest BCUT2D eigenvalue weighted by molar-refractivity contribution is 5.74. The first kappa shape index (κ1) is 69.2. The fourth-order valence-corrected chi connectivity index (χ4v) is 8.71. The number of hydrogen-bond donors (Lipinski definition) is 3. The molecule has 12 nitrogen and oxygen atoms in total. The Balaban J connectivity index is 2.71. The first-order valence-electron chi connectivity index (χ1n) is 29.9. The van der Waals surface area contributed by atoms with Crippen LogP contribution in [-0.4, -0.2) is 89.2 Å². The summed E-state index contributed by atoms with van der Waals surface area (Å²) in [5, 5.41) is 31.5. The van der Waals surface area contributed by atoms with E-state index in [1.54, 1.807) is 0 Å². The first-order chi connectivity index (χ1) is 36.6. The van der Waals surface area contributed by atoms with Gasteiger partial charge >= 0.3 is 23.9 Å². The third-order valence-electron chi connectivity index (χ3n) is 13.3. The molecule has 0 aliphatic carbocycles. The van der Waals surface area contributed by atoms with E-state index in [2.05, 4.69) is 81.5 Å². The van der Waals surface area contributed by atoms with Crippen LogP contribution in [0.15, 0.2) is 72.9 Å². The molecule has 1 aliphatic heterocycles. The zero-order valence-electron chi connectivity index (χ0n) is 47.3.